The summed E-state index contributed by atoms with van der Waals surface area (Å²) in [5, 5.41) is 0. The van der Waals surface area contributed by atoms with Crippen molar-refractivity contribution in [3.05, 3.63) is 35.9 Å². The summed E-state index contributed by atoms with van der Waals surface area (Å²) in [6.07, 6.45) is 5.81. The van der Waals surface area contributed by atoms with Gasteiger partial charge in [-0.05, 0) is 24.8 Å². The Morgan fingerprint density at radius 3 is 2.25 bits per heavy atom. The predicted octanol–water partition coefficient (Wildman–Crippen LogP) is 2.34. The van der Waals surface area contributed by atoms with Gasteiger partial charge in [0.1, 0.15) is 0 Å². The van der Waals surface area contributed by atoms with E-state index >= 15 is 0 Å². The number of aliphatic imine (C=N–C) groups is 1. The first-order chi connectivity index (χ1) is 7.86. The lowest BCUT2D eigenvalue weighted by atomic mass is 9.80. The fourth-order valence-electron chi connectivity index (χ4n) is 2.75. The molecule has 3 aliphatic rings. The molecule has 3 aliphatic heterocycles. The Morgan fingerprint density at radius 2 is 1.62 bits per heavy atom. The van der Waals surface area contributed by atoms with E-state index < -0.39 is 0 Å². The number of hydrogen-bond acceptors (Lipinski definition) is 2. The van der Waals surface area contributed by atoms with E-state index in [-0.39, 0.29) is 5.54 Å². The zero-order chi connectivity index (χ0) is 10.8. The van der Waals surface area contributed by atoms with Gasteiger partial charge in [0.2, 0.25) is 0 Å². The van der Waals surface area contributed by atoms with E-state index in [1.165, 1.54) is 44.5 Å². The fourth-order valence-corrected chi connectivity index (χ4v) is 2.75. The zero-order valence-electron chi connectivity index (χ0n) is 9.60. The smallest absolute Gasteiger partial charge is 0.0644 e. The molecule has 2 heteroatoms. The molecule has 0 saturated carbocycles. The molecular weight excluding hydrogens is 196 g/mol. The molecule has 4 rings (SSSR count). The van der Waals surface area contributed by atoms with Crippen molar-refractivity contribution in [2.75, 3.05) is 19.6 Å². The lowest BCUT2D eigenvalue weighted by Crippen LogP contribution is -2.51. The van der Waals surface area contributed by atoms with Gasteiger partial charge in [-0.1, -0.05) is 30.3 Å². The van der Waals surface area contributed by atoms with E-state index in [9.17, 15) is 0 Å². The molecule has 16 heavy (non-hydrogen) atoms. The van der Waals surface area contributed by atoms with E-state index in [0.29, 0.717) is 0 Å². The zero-order valence-corrected chi connectivity index (χ0v) is 9.60. The van der Waals surface area contributed by atoms with Crippen LogP contribution in [0.4, 0.5) is 0 Å². The molecule has 1 aromatic carbocycles. The molecule has 0 unspecified atom stereocenters. The fraction of sp³-hybridized carbons (Fsp3) is 0.500. The molecule has 0 aromatic heterocycles. The highest BCUT2D eigenvalue weighted by molar-refractivity contribution is 5.79. The van der Waals surface area contributed by atoms with E-state index in [1.807, 2.05) is 0 Å². The van der Waals surface area contributed by atoms with Gasteiger partial charge < -0.3 is 4.90 Å². The van der Waals surface area contributed by atoms with Crippen molar-refractivity contribution in [3.8, 4) is 0 Å². The maximum absolute atomic E-state index is 4.89. The topological polar surface area (TPSA) is 15.6 Å². The molecule has 84 valence electrons. The number of nitrogens with zero attached hydrogens (tertiary/aromatic N) is 2. The minimum atomic E-state index is 0.268. The van der Waals surface area contributed by atoms with Gasteiger partial charge in [0, 0.05) is 25.8 Å². The van der Waals surface area contributed by atoms with E-state index in [1.54, 1.807) is 0 Å². The van der Waals surface area contributed by atoms with Crippen LogP contribution >= 0.6 is 0 Å². The minimum Gasteiger partial charge on any atom is -0.303 e. The average molecular weight is 214 g/mol. The van der Waals surface area contributed by atoms with E-state index in [4.69, 9.17) is 4.99 Å². The molecule has 3 saturated heterocycles. The van der Waals surface area contributed by atoms with Crippen molar-refractivity contribution in [3.63, 3.8) is 0 Å². The lowest BCUT2D eigenvalue weighted by molar-refractivity contribution is 0.0887. The van der Waals surface area contributed by atoms with Crippen LogP contribution in [0.25, 0.3) is 0 Å². The summed E-state index contributed by atoms with van der Waals surface area (Å²) < 4.78 is 0. The van der Waals surface area contributed by atoms with Gasteiger partial charge >= 0.3 is 0 Å². The summed E-state index contributed by atoms with van der Waals surface area (Å²) in [6, 6.07) is 10.4. The molecule has 0 amide bonds. The van der Waals surface area contributed by atoms with E-state index in [2.05, 4.69) is 41.4 Å². The van der Waals surface area contributed by atoms with Gasteiger partial charge in [-0.15, -0.1) is 0 Å². The van der Waals surface area contributed by atoms with Crippen LogP contribution in [-0.4, -0.2) is 36.3 Å². The second-order valence-electron chi connectivity index (χ2n) is 4.98. The third-order valence-electron chi connectivity index (χ3n) is 3.97. The molecule has 0 N–H and O–H groups in total. The van der Waals surface area contributed by atoms with Gasteiger partial charge in [0.05, 0.1) is 5.54 Å². The van der Waals surface area contributed by atoms with Gasteiger partial charge in [0.15, 0.2) is 0 Å². The second-order valence-corrected chi connectivity index (χ2v) is 4.98. The Kier molecular flexibility index (Phi) is 2.52. The normalized spacial score (nSPS) is 33.4. The summed E-state index contributed by atoms with van der Waals surface area (Å²) in [5.41, 5.74) is 1.50. The Morgan fingerprint density at radius 1 is 1.00 bits per heavy atom. The van der Waals surface area contributed by atoms with Crippen molar-refractivity contribution in [1.29, 1.82) is 0 Å². The SMILES string of the molecule is C(=NC12CCN(CC1)CC2)c1ccccc1. The molecule has 0 aliphatic carbocycles. The van der Waals surface area contributed by atoms with Crippen LogP contribution in [0.1, 0.15) is 24.8 Å². The van der Waals surface area contributed by atoms with Crippen LogP contribution in [0.15, 0.2) is 35.3 Å². The Labute approximate surface area is 97.0 Å². The largest absolute Gasteiger partial charge is 0.303 e. The molecule has 1 aromatic rings. The number of rotatable bonds is 2. The van der Waals surface area contributed by atoms with Gasteiger partial charge in [-0.25, -0.2) is 0 Å². The molecule has 2 bridgehead atoms. The summed E-state index contributed by atoms with van der Waals surface area (Å²) in [6.45, 7) is 3.73. The summed E-state index contributed by atoms with van der Waals surface area (Å²) in [4.78, 5) is 7.45. The number of piperidine rings is 3. The van der Waals surface area contributed by atoms with Crippen LogP contribution in [-0.2, 0) is 0 Å². The number of hydrogen-bond donors (Lipinski definition) is 0. The first-order valence-electron chi connectivity index (χ1n) is 6.19. The first-order valence-corrected chi connectivity index (χ1v) is 6.19. The molecule has 2 nitrogen and oxygen atoms in total. The molecular formula is C14H18N2. The maximum atomic E-state index is 4.89. The van der Waals surface area contributed by atoms with Crippen LogP contribution in [0, 0.1) is 0 Å². The van der Waals surface area contributed by atoms with Crippen molar-refractivity contribution < 1.29 is 0 Å². The van der Waals surface area contributed by atoms with Crippen LogP contribution in [0.2, 0.25) is 0 Å². The van der Waals surface area contributed by atoms with Crippen LogP contribution in [0.3, 0.4) is 0 Å². The predicted molar refractivity (Wildman–Crippen MR) is 67.1 cm³/mol. The van der Waals surface area contributed by atoms with Gasteiger partial charge in [-0.3, -0.25) is 4.99 Å². The van der Waals surface area contributed by atoms with Gasteiger partial charge in [0.25, 0.3) is 0 Å². The Bertz CT molecular complexity index is 361. The van der Waals surface area contributed by atoms with Gasteiger partial charge in [-0.2, -0.15) is 0 Å². The van der Waals surface area contributed by atoms with Crippen molar-refractivity contribution in [2.45, 2.75) is 24.8 Å². The summed E-state index contributed by atoms with van der Waals surface area (Å²) in [7, 11) is 0. The highest BCUT2D eigenvalue weighted by Gasteiger charge is 2.38. The maximum Gasteiger partial charge on any atom is 0.0644 e. The highest BCUT2D eigenvalue weighted by Crippen LogP contribution is 2.35. The quantitative estimate of drug-likeness (QED) is 0.690. The summed E-state index contributed by atoms with van der Waals surface area (Å²) >= 11 is 0. The molecule has 3 fully saturated rings. The summed E-state index contributed by atoms with van der Waals surface area (Å²) in [5.74, 6) is 0. The standard InChI is InChI=1S/C14H18N2/c1-2-4-13(5-3-1)12-15-14-6-9-16(10-7-14)11-8-14/h1-5,12H,6-11H2. The number of benzene rings is 1. The molecule has 0 atom stereocenters. The average Bonchev–Trinajstić information content (AvgIpc) is 2.40. The monoisotopic (exact) mass is 214 g/mol. The highest BCUT2D eigenvalue weighted by atomic mass is 15.2. The van der Waals surface area contributed by atoms with Crippen molar-refractivity contribution in [1.82, 2.24) is 4.90 Å². The molecule has 3 heterocycles. The lowest BCUT2D eigenvalue weighted by Gasteiger charge is -2.46. The third-order valence-corrected chi connectivity index (χ3v) is 3.97. The van der Waals surface area contributed by atoms with E-state index in [0.717, 1.165) is 0 Å². The Hall–Kier alpha value is -1.15. The molecule has 0 radical (unpaired) electrons. The van der Waals surface area contributed by atoms with Crippen LogP contribution in [0.5, 0.6) is 0 Å². The van der Waals surface area contributed by atoms with Crippen LogP contribution < -0.4 is 0 Å². The third kappa shape index (κ3) is 1.90. The number of fused-ring (bicyclic) bond motifs is 3. The second kappa shape index (κ2) is 4.02. The van der Waals surface area contributed by atoms with Crippen molar-refractivity contribution in [2.24, 2.45) is 4.99 Å². The van der Waals surface area contributed by atoms with Crippen molar-refractivity contribution >= 4 is 6.21 Å². The molecule has 0 spiro atoms. The first kappa shape index (κ1) is 10.0. The minimum absolute atomic E-state index is 0.268. The Balaban J connectivity index is 1.76.